The molecule has 4 aromatic heterocycles. The van der Waals surface area contributed by atoms with Crippen LogP contribution in [0.25, 0.3) is 39.2 Å². The number of halogens is 4. The summed E-state index contributed by atoms with van der Waals surface area (Å²) in [6.45, 7) is 0. The lowest BCUT2D eigenvalue weighted by molar-refractivity contribution is -0.140. The predicted octanol–water partition coefficient (Wildman–Crippen LogP) is 4.94. The van der Waals surface area contributed by atoms with Gasteiger partial charge in [0.2, 0.25) is 0 Å². The van der Waals surface area contributed by atoms with Crippen molar-refractivity contribution in [3.05, 3.63) is 89.1 Å². The molecule has 0 spiro atoms. The lowest BCUT2D eigenvalue weighted by Gasteiger charge is -2.12. The number of rotatable bonds is 3. The molecule has 10 heteroatoms. The molecule has 1 N–H and O–H groups in total. The Hall–Kier alpha value is -4.21. The van der Waals surface area contributed by atoms with Crippen molar-refractivity contribution >= 4 is 11.0 Å². The maximum Gasteiger partial charge on any atom is 0.419 e. The van der Waals surface area contributed by atoms with Crippen molar-refractivity contribution in [1.29, 1.82) is 0 Å². The molecule has 0 saturated heterocycles. The van der Waals surface area contributed by atoms with Gasteiger partial charge in [0.25, 0.3) is 0 Å². The van der Waals surface area contributed by atoms with Gasteiger partial charge >= 0.3 is 11.9 Å². The van der Waals surface area contributed by atoms with Gasteiger partial charge in [0.05, 0.1) is 22.6 Å². The fourth-order valence-corrected chi connectivity index (χ4v) is 3.70. The summed E-state index contributed by atoms with van der Waals surface area (Å²) < 4.78 is 55.9. The minimum Gasteiger partial charge on any atom is -0.346 e. The van der Waals surface area contributed by atoms with Gasteiger partial charge in [0, 0.05) is 42.8 Å². The summed E-state index contributed by atoms with van der Waals surface area (Å²) >= 11 is 0. The van der Waals surface area contributed by atoms with E-state index < -0.39 is 23.2 Å². The molecule has 0 radical (unpaired) electrons. The number of hydrogen-bond acceptors (Lipinski definition) is 3. The molecular formula is C23H15F4N5O. The highest BCUT2D eigenvalue weighted by molar-refractivity contribution is 5.82. The number of aromatic amines is 1. The Kier molecular flexibility index (Phi) is 4.66. The zero-order chi connectivity index (χ0) is 23.3. The monoisotopic (exact) mass is 453 g/mol. The number of nitrogens with one attached hydrogen (secondary N) is 1. The summed E-state index contributed by atoms with van der Waals surface area (Å²) in [6, 6.07) is 9.75. The third kappa shape index (κ3) is 3.59. The Bertz CT molecular complexity index is 1560. The smallest absolute Gasteiger partial charge is 0.346 e. The van der Waals surface area contributed by atoms with Crippen molar-refractivity contribution in [3.8, 4) is 28.2 Å². The zero-order valence-electron chi connectivity index (χ0n) is 17.1. The molecule has 166 valence electrons. The van der Waals surface area contributed by atoms with E-state index in [0.29, 0.717) is 17.8 Å². The number of aryl methyl sites for hydroxylation is 1. The lowest BCUT2D eigenvalue weighted by Crippen LogP contribution is -2.22. The fourth-order valence-electron chi connectivity index (χ4n) is 3.70. The number of benzene rings is 1. The summed E-state index contributed by atoms with van der Waals surface area (Å²) in [5, 5.41) is 0.911. The molecule has 0 aliphatic heterocycles. The number of hydrogen-bond donors (Lipinski definition) is 1. The summed E-state index contributed by atoms with van der Waals surface area (Å²) in [5.41, 5.74) is 0.762. The quantitative estimate of drug-likeness (QED) is 0.394. The van der Waals surface area contributed by atoms with E-state index in [-0.39, 0.29) is 11.4 Å². The second-order valence-corrected chi connectivity index (χ2v) is 7.47. The molecule has 5 aromatic rings. The van der Waals surface area contributed by atoms with Crippen LogP contribution in [0.4, 0.5) is 17.6 Å². The summed E-state index contributed by atoms with van der Waals surface area (Å²) in [6.07, 6.45) is 1.57. The standard InChI is InChI=1S/C23H15F4N5O/c1-31-12-20(32(22(31)33)16-2-3-18(24)17(10-16)23(25,26)27)19-9-13(4-6-28-19)15-8-14-5-7-29-21(14)30-11-15/h2-12H,1H3,(H,29,30). The van der Waals surface area contributed by atoms with Crippen molar-refractivity contribution in [2.24, 2.45) is 7.05 Å². The van der Waals surface area contributed by atoms with Crippen LogP contribution in [-0.4, -0.2) is 24.1 Å². The van der Waals surface area contributed by atoms with E-state index >= 15 is 0 Å². The molecule has 0 fully saturated rings. The van der Waals surface area contributed by atoms with Gasteiger partial charge in [0.1, 0.15) is 11.5 Å². The number of aromatic nitrogens is 5. The van der Waals surface area contributed by atoms with Crippen LogP contribution in [0.1, 0.15) is 5.56 Å². The molecule has 0 aliphatic rings. The van der Waals surface area contributed by atoms with Crippen molar-refractivity contribution in [2.75, 3.05) is 0 Å². The molecule has 4 heterocycles. The first kappa shape index (κ1) is 20.7. The normalized spacial score (nSPS) is 11.9. The second-order valence-electron chi connectivity index (χ2n) is 7.47. The molecule has 0 unspecified atom stereocenters. The highest BCUT2D eigenvalue weighted by Crippen LogP contribution is 2.33. The summed E-state index contributed by atoms with van der Waals surface area (Å²) in [7, 11) is 1.48. The van der Waals surface area contributed by atoms with Crippen molar-refractivity contribution < 1.29 is 17.6 Å². The Balaban J connectivity index is 1.66. The van der Waals surface area contributed by atoms with E-state index in [1.165, 1.54) is 17.8 Å². The molecule has 0 amide bonds. The van der Waals surface area contributed by atoms with Gasteiger partial charge in [-0.2, -0.15) is 13.2 Å². The van der Waals surface area contributed by atoms with Crippen LogP contribution in [0.2, 0.25) is 0 Å². The molecule has 33 heavy (non-hydrogen) atoms. The maximum atomic E-state index is 13.8. The average Bonchev–Trinajstić information content (AvgIpc) is 3.37. The Morgan fingerprint density at radius 1 is 1.00 bits per heavy atom. The number of alkyl halides is 3. The SMILES string of the molecule is Cn1cc(-c2cc(-c3cnc4[nH]ccc4c3)ccn2)n(-c2ccc(F)c(C(F)(F)F)c2)c1=O. The molecule has 0 atom stereocenters. The first-order valence-electron chi connectivity index (χ1n) is 9.78. The molecule has 1 aromatic carbocycles. The number of pyridine rings is 2. The number of nitrogens with zero attached hydrogens (tertiary/aromatic N) is 4. The Morgan fingerprint density at radius 3 is 2.61 bits per heavy atom. The first-order chi connectivity index (χ1) is 15.7. The molecular weight excluding hydrogens is 438 g/mol. The number of H-pyrrole nitrogens is 1. The van der Waals surface area contributed by atoms with E-state index in [9.17, 15) is 22.4 Å². The highest BCUT2D eigenvalue weighted by Gasteiger charge is 2.34. The van der Waals surface area contributed by atoms with E-state index in [0.717, 1.165) is 32.8 Å². The largest absolute Gasteiger partial charge is 0.419 e. The minimum absolute atomic E-state index is 0.119. The average molecular weight is 453 g/mol. The van der Waals surface area contributed by atoms with Crippen molar-refractivity contribution in [3.63, 3.8) is 0 Å². The van der Waals surface area contributed by atoms with Gasteiger partial charge in [-0.05, 0) is 48.0 Å². The summed E-state index contributed by atoms with van der Waals surface area (Å²) in [4.78, 5) is 24.5. The molecule has 0 saturated carbocycles. The van der Waals surface area contributed by atoms with Crippen LogP contribution in [0.5, 0.6) is 0 Å². The van der Waals surface area contributed by atoms with Gasteiger partial charge < -0.3 is 9.55 Å². The highest BCUT2D eigenvalue weighted by atomic mass is 19.4. The molecule has 0 aliphatic carbocycles. The van der Waals surface area contributed by atoms with E-state index in [2.05, 4.69) is 15.0 Å². The van der Waals surface area contributed by atoms with Crippen LogP contribution < -0.4 is 5.69 Å². The van der Waals surface area contributed by atoms with Gasteiger partial charge in [-0.15, -0.1) is 0 Å². The third-order valence-corrected chi connectivity index (χ3v) is 5.32. The van der Waals surface area contributed by atoms with Crippen LogP contribution >= 0.6 is 0 Å². The summed E-state index contributed by atoms with van der Waals surface area (Å²) in [5.74, 6) is -1.41. The Labute approximate surface area is 183 Å². The zero-order valence-corrected chi connectivity index (χ0v) is 17.1. The lowest BCUT2D eigenvalue weighted by atomic mass is 10.1. The van der Waals surface area contributed by atoms with Crippen molar-refractivity contribution in [2.45, 2.75) is 6.18 Å². The number of imidazole rings is 1. The van der Waals surface area contributed by atoms with E-state index in [1.54, 1.807) is 30.7 Å². The number of fused-ring (bicyclic) bond motifs is 1. The minimum atomic E-state index is -4.90. The van der Waals surface area contributed by atoms with Gasteiger partial charge in [0.15, 0.2) is 0 Å². The fraction of sp³-hybridized carbons (Fsp3) is 0.0870. The maximum absolute atomic E-state index is 13.8. The van der Waals surface area contributed by atoms with Crippen LogP contribution in [0.3, 0.4) is 0 Å². The van der Waals surface area contributed by atoms with Gasteiger partial charge in [-0.25, -0.2) is 14.2 Å². The van der Waals surface area contributed by atoms with Gasteiger partial charge in [-0.3, -0.25) is 9.55 Å². The predicted molar refractivity (Wildman–Crippen MR) is 114 cm³/mol. The molecule has 0 bridgehead atoms. The van der Waals surface area contributed by atoms with Crippen molar-refractivity contribution in [1.82, 2.24) is 24.1 Å². The first-order valence-corrected chi connectivity index (χ1v) is 9.78. The Morgan fingerprint density at radius 2 is 1.82 bits per heavy atom. The van der Waals surface area contributed by atoms with Crippen LogP contribution in [-0.2, 0) is 13.2 Å². The van der Waals surface area contributed by atoms with E-state index in [4.69, 9.17) is 0 Å². The van der Waals surface area contributed by atoms with Crippen LogP contribution in [0, 0.1) is 5.82 Å². The van der Waals surface area contributed by atoms with E-state index in [1.807, 2.05) is 12.1 Å². The topological polar surface area (TPSA) is 68.5 Å². The van der Waals surface area contributed by atoms with Crippen LogP contribution in [0.15, 0.2) is 72.0 Å². The molecule has 5 rings (SSSR count). The molecule has 6 nitrogen and oxygen atoms in total. The second kappa shape index (κ2) is 7.44. The third-order valence-electron chi connectivity index (χ3n) is 5.32. The van der Waals surface area contributed by atoms with Gasteiger partial charge in [-0.1, -0.05) is 0 Å².